The van der Waals surface area contributed by atoms with Crippen molar-refractivity contribution >= 4 is 55.3 Å². The van der Waals surface area contributed by atoms with Gasteiger partial charge in [0, 0.05) is 0 Å². The van der Waals surface area contributed by atoms with Gasteiger partial charge in [0.1, 0.15) is 0 Å². The van der Waals surface area contributed by atoms with Crippen LogP contribution in [0.1, 0.15) is 0 Å². The van der Waals surface area contributed by atoms with Crippen LogP contribution in [-0.4, -0.2) is 14.5 Å². The Balaban J connectivity index is 1.68. The summed E-state index contributed by atoms with van der Waals surface area (Å²) >= 11 is 0.272. The fraction of sp³-hybridized carbons (Fsp3) is 0. The summed E-state index contributed by atoms with van der Waals surface area (Å²) < 4.78 is 3.03. The second kappa shape index (κ2) is 7.46. The van der Waals surface area contributed by atoms with Gasteiger partial charge in [-0.1, -0.05) is 0 Å². The van der Waals surface area contributed by atoms with Gasteiger partial charge in [0.05, 0.1) is 0 Å². The van der Waals surface area contributed by atoms with Crippen LogP contribution in [0.3, 0.4) is 0 Å². The summed E-state index contributed by atoms with van der Waals surface area (Å²) in [6, 6.07) is 44.4. The Hall–Kier alpha value is -3.64. The first-order valence-electron chi connectivity index (χ1n) is 11.3. The predicted molar refractivity (Wildman–Crippen MR) is 144 cm³/mol. The molecule has 154 valence electrons. The van der Waals surface area contributed by atoms with Crippen LogP contribution < -0.4 is 0 Å². The second-order valence-corrected chi connectivity index (χ2v) is 10.7. The third-order valence-corrected chi connectivity index (χ3v) is 9.36. The number of hydrogen-bond acceptors (Lipinski definition) is 0. The van der Waals surface area contributed by atoms with Crippen LogP contribution in [0.2, 0.25) is 0 Å². The van der Waals surface area contributed by atoms with Crippen molar-refractivity contribution in [2.45, 2.75) is 0 Å². The summed E-state index contributed by atoms with van der Waals surface area (Å²) in [5, 5.41) is 8.32. The Bertz CT molecular complexity index is 1660. The molecule has 0 bridgehead atoms. The molecule has 0 aliphatic carbocycles. The molecular formula is C32H20Se. The first-order valence-corrected chi connectivity index (χ1v) is 13.0. The molecule has 0 fully saturated rings. The SMILES string of the molecule is c1ccc(-c2cc3c4cc(-c5ccccc5)c5ccccc5c4[se]c3c3ccccc23)cc1. The summed E-state index contributed by atoms with van der Waals surface area (Å²) in [6.07, 6.45) is 0. The normalized spacial score (nSPS) is 11.6. The molecule has 0 atom stereocenters. The Morgan fingerprint density at radius 2 is 0.697 bits per heavy atom. The molecule has 0 aliphatic heterocycles. The number of rotatable bonds is 2. The van der Waals surface area contributed by atoms with Crippen molar-refractivity contribution in [3.8, 4) is 22.3 Å². The van der Waals surface area contributed by atoms with Gasteiger partial charge in [0.2, 0.25) is 0 Å². The van der Waals surface area contributed by atoms with Gasteiger partial charge in [0.15, 0.2) is 0 Å². The molecule has 1 heteroatoms. The van der Waals surface area contributed by atoms with Gasteiger partial charge in [-0.2, -0.15) is 0 Å². The van der Waals surface area contributed by atoms with E-state index in [2.05, 4.69) is 121 Å². The molecule has 0 radical (unpaired) electrons. The van der Waals surface area contributed by atoms with Crippen LogP contribution in [-0.2, 0) is 0 Å². The summed E-state index contributed by atoms with van der Waals surface area (Å²) in [7, 11) is 0. The minimum atomic E-state index is 0.272. The van der Waals surface area contributed by atoms with Gasteiger partial charge in [-0.05, 0) is 0 Å². The van der Waals surface area contributed by atoms with Gasteiger partial charge in [-0.25, -0.2) is 0 Å². The van der Waals surface area contributed by atoms with E-state index in [9.17, 15) is 0 Å². The van der Waals surface area contributed by atoms with Crippen LogP contribution in [0.4, 0.5) is 0 Å². The van der Waals surface area contributed by atoms with Crippen LogP contribution >= 0.6 is 0 Å². The molecule has 1 aromatic heterocycles. The van der Waals surface area contributed by atoms with Crippen molar-refractivity contribution in [3.63, 3.8) is 0 Å². The van der Waals surface area contributed by atoms with Crippen LogP contribution in [0.15, 0.2) is 121 Å². The number of benzene rings is 6. The molecular weight excluding hydrogens is 463 g/mol. The molecule has 0 spiro atoms. The molecule has 0 amide bonds. The molecule has 0 unspecified atom stereocenters. The fourth-order valence-corrected chi connectivity index (χ4v) is 7.94. The summed E-state index contributed by atoms with van der Waals surface area (Å²) in [5.74, 6) is 0. The van der Waals surface area contributed by atoms with Crippen molar-refractivity contribution < 1.29 is 0 Å². The summed E-state index contributed by atoms with van der Waals surface area (Å²) in [6.45, 7) is 0. The van der Waals surface area contributed by atoms with E-state index < -0.39 is 0 Å². The van der Waals surface area contributed by atoms with Gasteiger partial charge < -0.3 is 0 Å². The maximum atomic E-state index is 2.45. The average Bonchev–Trinajstić information content (AvgIpc) is 3.28. The zero-order valence-corrected chi connectivity index (χ0v) is 19.7. The van der Waals surface area contributed by atoms with Crippen molar-refractivity contribution in [3.05, 3.63) is 121 Å². The standard InChI is InChI=1S/C32H20Se/c1-3-11-21(12-4-1)27-19-29-30-20-28(22-13-5-2-6-14-22)24-16-8-10-18-26(24)32(30)33-31(29)25-17-9-7-15-23(25)27/h1-20H. The molecule has 33 heavy (non-hydrogen) atoms. The molecule has 0 N–H and O–H groups in total. The maximum absolute atomic E-state index is 2.45. The molecule has 6 aromatic carbocycles. The third-order valence-electron chi connectivity index (χ3n) is 6.65. The molecule has 1 heterocycles. The number of hydrogen-bond donors (Lipinski definition) is 0. The van der Waals surface area contributed by atoms with Crippen LogP contribution in [0, 0.1) is 0 Å². The van der Waals surface area contributed by atoms with E-state index in [1.807, 2.05) is 0 Å². The van der Waals surface area contributed by atoms with Crippen LogP contribution in [0.25, 0.3) is 63.1 Å². The van der Waals surface area contributed by atoms with Gasteiger partial charge in [-0.15, -0.1) is 0 Å². The molecule has 7 rings (SSSR count). The van der Waals surface area contributed by atoms with Crippen molar-refractivity contribution in [1.82, 2.24) is 0 Å². The summed E-state index contributed by atoms with van der Waals surface area (Å²) in [4.78, 5) is 0. The van der Waals surface area contributed by atoms with Gasteiger partial charge in [-0.3, -0.25) is 0 Å². The fourth-order valence-electron chi connectivity index (χ4n) is 5.13. The topological polar surface area (TPSA) is 0 Å². The van der Waals surface area contributed by atoms with E-state index in [4.69, 9.17) is 0 Å². The van der Waals surface area contributed by atoms with Gasteiger partial charge >= 0.3 is 199 Å². The second-order valence-electron chi connectivity index (χ2n) is 8.53. The Morgan fingerprint density at radius 1 is 0.333 bits per heavy atom. The molecule has 0 aliphatic rings. The molecule has 0 saturated heterocycles. The quantitative estimate of drug-likeness (QED) is 0.216. The van der Waals surface area contributed by atoms with E-state index >= 15 is 0 Å². The van der Waals surface area contributed by atoms with E-state index in [-0.39, 0.29) is 14.5 Å². The molecule has 0 saturated carbocycles. The summed E-state index contributed by atoms with van der Waals surface area (Å²) in [5.41, 5.74) is 5.20. The van der Waals surface area contributed by atoms with E-state index in [0.29, 0.717) is 0 Å². The molecule has 0 nitrogen and oxygen atoms in total. The first-order chi connectivity index (χ1) is 16.4. The monoisotopic (exact) mass is 484 g/mol. The zero-order chi connectivity index (χ0) is 21.8. The minimum absolute atomic E-state index is 0.272. The van der Waals surface area contributed by atoms with Crippen molar-refractivity contribution in [2.75, 3.05) is 0 Å². The predicted octanol–water partition coefficient (Wildman–Crippen LogP) is 8.69. The van der Waals surface area contributed by atoms with E-state index in [1.165, 1.54) is 63.1 Å². The van der Waals surface area contributed by atoms with E-state index in [1.54, 1.807) is 0 Å². The van der Waals surface area contributed by atoms with Crippen molar-refractivity contribution in [2.24, 2.45) is 0 Å². The Labute approximate surface area is 198 Å². The third kappa shape index (κ3) is 2.90. The Morgan fingerprint density at radius 3 is 1.12 bits per heavy atom. The van der Waals surface area contributed by atoms with Crippen molar-refractivity contribution in [1.29, 1.82) is 0 Å². The zero-order valence-electron chi connectivity index (χ0n) is 18.0. The Kier molecular flexibility index (Phi) is 4.27. The average molecular weight is 483 g/mol. The first kappa shape index (κ1) is 18.9. The number of fused-ring (bicyclic) bond motifs is 7. The van der Waals surface area contributed by atoms with Crippen LogP contribution in [0.5, 0.6) is 0 Å². The van der Waals surface area contributed by atoms with E-state index in [0.717, 1.165) is 0 Å². The van der Waals surface area contributed by atoms with Gasteiger partial charge in [0.25, 0.3) is 0 Å². The molecule has 7 aromatic rings.